The zero-order chi connectivity index (χ0) is 11.0. The Morgan fingerprint density at radius 2 is 2.06 bits per heavy atom. The molecule has 1 aromatic rings. The first-order valence-corrected chi connectivity index (χ1v) is 5.56. The predicted molar refractivity (Wildman–Crippen MR) is 54.5 cm³/mol. The van der Waals surface area contributed by atoms with Crippen molar-refractivity contribution in [2.45, 2.75) is 32.1 Å². The van der Waals surface area contributed by atoms with Crippen molar-refractivity contribution in [2.24, 2.45) is 0 Å². The van der Waals surface area contributed by atoms with Gasteiger partial charge in [0.1, 0.15) is 6.07 Å². The van der Waals surface area contributed by atoms with Gasteiger partial charge in [-0.05, 0) is 12.8 Å². The Balaban J connectivity index is 1.98. The van der Waals surface area contributed by atoms with E-state index in [0.717, 1.165) is 37.3 Å². The molecule has 0 unspecified atom stereocenters. The van der Waals surface area contributed by atoms with Crippen LogP contribution in [0.1, 0.15) is 35.8 Å². The second-order valence-electron chi connectivity index (χ2n) is 4.17. The highest BCUT2D eigenvalue weighted by Gasteiger charge is 2.27. The van der Waals surface area contributed by atoms with Crippen LogP contribution in [0.4, 0.5) is 0 Å². The van der Waals surface area contributed by atoms with E-state index in [2.05, 4.69) is 11.2 Å². The van der Waals surface area contributed by atoms with Gasteiger partial charge in [0.15, 0.2) is 5.69 Å². The molecule has 0 spiro atoms. The molecule has 0 aliphatic carbocycles. The normalized spacial score (nSPS) is 20.7. The summed E-state index contributed by atoms with van der Waals surface area (Å²) in [7, 11) is 0. The molecule has 0 atom stereocenters. The van der Waals surface area contributed by atoms with Crippen LogP contribution >= 0.6 is 0 Å². The number of hydrogen-bond acceptors (Lipinski definition) is 4. The first-order valence-electron chi connectivity index (χ1n) is 5.56. The zero-order valence-corrected chi connectivity index (χ0v) is 8.98. The number of fused-ring (bicyclic) bond motifs is 1. The van der Waals surface area contributed by atoms with Gasteiger partial charge in [0, 0.05) is 18.8 Å². The van der Waals surface area contributed by atoms with Crippen LogP contribution in [0.3, 0.4) is 0 Å². The third-order valence-corrected chi connectivity index (χ3v) is 3.25. The summed E-state index contributed by atoms with van der Waals surface area (Å²) in [5.41, 5.74) is 2.59. The zero-order valence-electron chi connectivity index (χ0n) is 8.98. The fraction of sp³-hybridized carbons (Fsp3) is 0.636. The maximum Gasteiger partial charge on any atom is 0.168 e. The van der Waals surface area contributed by atoms with Crippen LogP contribution in [-0.2, 0) is 22.7 Å². The van der Waals surface area contributed by atoms with Crippen LogP contribution in [-0.4, -0.2) is 23.0 Å². The van der Waals surface area contributed by atoms with Crippen LogP contribution in [0.25, 0.3) is 0 Å². The molecule has 2 aliphatic rings. The minimum Gasteiger partial charge on any atom is -0.381 e. The maximum atomic E-state index is 9.01. The highest BCUT2D eigenvalue weighted by atomic mass is 16.5. The van der Waals surface area contributed by atoms with Gasteiger partial charge in [-0.15, -0.1) is 0 Å². The Labute approximate surface area is 93.6 Å². The van der Waals surface area contributed by atoms with Crippen molar-refractivity contribution in [1.82, 2.24) is 9.78 Å². The van der Waals surface area contributed by atoms with Gasteiger partial charge >= 0.3 is 0 Å². The van der Waals surface area contributed by atoms with Crippen molar-refractivity contribution in [2.75, 3.05) is 13.2 Å². The molecule has 16 heavy (non-hydrogen) atoms. The molecule has 2 aliphatic heterocycles. The molecule has 0 N–H and O–H groups in total. The third-order valence-electron chi connectivity index (χ3n) is 3.25. The minimum absolute atomic E-state index is 0.367. The predicted octanol–water partition coefficient (Wildman–Crippen LogP) is 1.14. The van der Waals surface area contributed by atoms with Gasteiger partial charge in [-0.1, -0.05) is 0 Å². The summed E-state index contributed by atoms with van der Waals surface area (Å²) in [6.45, 7) is 2.67. The third kappa shape index (κ3) is 1.42. The quantitative estimate of drug-likeness (QED) is 0.710. The topological polar surface area (TPSA) is 60.1 Å². The molecule has 0 amide bonds. The van der Waals surface area contributed by atoms with Crippen LogP contribution in [0, 0.1) is 11.3 Å². The largest absolute Gasteiger partial charge is 0.381 e. The lowest BCUT2D eigenvalue weighted by atomic mass is 10.1. The van der Waals surface area contributed by atoms with Gasteiger partial charge in [-0.25, -0.2) is 0 Å². The van der Waals surface area contributed by atoms with Crippen molar-refractivity contribution in [3.05, 3.63) is 17.0 Å². The fourth-order valence-electron chi connectivity index (χ4n) is 2.38. The lowest BCUT2D eigenvalue weighted by Gasteiger charge is -2.23. The lowest BCUT2D eigenvalue weighted by molar-refractivity contribution is 0.0627. The average Bonchev–Trinajstić information content (AvgIpc) is 2.91. The van der Waals surface area contributed by atoms with E-state index < -0.39 is 0 Å². The molecule has 0 bridgehead atoms. The Kier molecular flexibility index (Phi) is 2.39. The van der Waals surface area contributed by atoms with Crippen molar-refractivity contribution in [3.8, 4) is 6.07 Å². The number of aromatic nitrogens is 2. The Hall–Kier alpha value is -1.38. The Morgan fingerprint density at radius 1 is 1.25 bits per heavy atom. The molecule has 1 aromatic heterocycles. The summed E-state index contributed by atoms with van der Waals surface area (Å²) < 4.78 is 12.7. The SMILES string of the molecule is N#Cc1nn(C2CCOCC2)c2c1COC2. The Bertz CT molecular complexity index is 441. The van der Waals surface area contributed by atoms with Crippen molar-refractivity contribution in [3.63, 3.8) is 0 Å². The molecule has 3 heterocycles. The summed E-state index contributed by atoms with van der Waals surface area (Å²) in [6.07, 6.45) is 1.94. The van der Waals surface area contributed by atoms with Gasteiger partial charge < -0.3 is 9.47 Å². The van der Waals surface area contributed by atoms with Crippen LogP contribution in [0.5, 0.6) is 0 Å². The second kappa shape index (κ2) is 3.89. The summed E-state index contributed by atoms with van der Waals surface area (Å²) in [5.74, 6) is 0. The highest BCUT2D eigenvalue weighted by molar-refractivity contribution is 5.36. The second-order valence-corrected chi connectivity index (χ2v) is 4.17. The fourth-order valence-corrected chi connectivity index (χ4v) is 2.38. The highest BCUT2D eigenvalue weighted by Crippen LogP contribution is 2.29. The van der Waals surface area contributed by atoms with Crippen LogP contribution in [0.2, 0.25) is 0 Å². The standard InChI is InChI=1S/C11H13N3O2/c12-5-10-9-6-16-7-11(9)14(13-10)8-1-3-15-4-2-8/h8H,1-4,6-7H2. The molecule has 1 fully saturated rings. The average molecular weight is 219 g/mol. The summed E-state index contributed by atoms with van der Waals surface area (Å²) in [6, 6.07) is 2.51. The Morgan fingerprint density at radius 3 is 2.81 bits per heavy atom. The van der Waals surface area contributed by atoms with Crippen molar-refractivity contribution >= 4 is 0 Å². The van der Waals surface area contributed by atoms with E-state index in [9.17, 15) is 0 Å². The molecule has 5 nitrogen and oxygen atoms in total. The minimum atomic E-state index is 0.367. The first kappa shape index (κ1) is 9.82. The molecular formula is C11H13N3O2. The van der Waals surface area contributed by atoms with E-state index in [4.69, 9.17) is 14.7 Å². The molecule has 0 radical (unpaired) electrons. The van der Waals surface area contributed by atoms with Crippen molar-refractivity contribution in [1.29, 1.82) is 5.26 Å². The molecule has 84 valence electrons. The van der Waals surface area contributed by atoms with E-state index in [1.807, 2.05) is 4.68 Å². The van der Waals surface area contributed by atoms with E-state index >= 15 is 0 Å². The number of hydrogen-bond donors (Lipinski definition) is 0. The molecule has 5 heteroatoms. The van der Waals surface area contributed by atoms with E-state index in [0.29, 0.717) is 24.9 Å². The van der Waals surface area contributed by atoms with Gasteiger partial charge in [0.25, 0.3) is 0 Å². The monoisotopic (exact) mass is 219 g/mol. The molecular weight excluding hydrogens is 206 g/mol. The lowest BCUT2D eigenvalue weighted by Crippen LogP contribution is -2.22. The number of rotatable bonds is 1. The smallest absolute Gasteiger partial charge is 0.168 e. The molecule has 1 saturated heterocycles. The van der Waals surface area contributed by atoms with Gasteiger partial charge in [-0.3, -0.25) is 4.68 Å². The van der Waals surface area contributed by atoms with Crippen molar-refractivity contribution < 1.29 is 9.47 Å². The van der Waals surface area contributed by atoms with Gasteiger partial charge in [0.2, 0.25) is 0 Å². The van der Waals surface area contributed by atoms with Crippen LogP contribution < -0.4 is 0 Å². The number of nitrogens with zero attached hydrogens (tertiary/aromatic N) is 3. The summed E-state index contributed by atoms with van der Waals surface area (Å²) in [4.78, 5) is 0. The molecule has 0 aromatic carbocycles. The number of nitriles is 1. The maximum absolute atomic E-state index is 9.01. The summed E-state index contributed by atoms with van der Waals surface area (Å²) in [5, 5.41) is 13.4. The van der Waals surface area contributed by atoms with E-state index in [1.165, 1.54) is 0 Å². The summed E-state index contributed by atoms with van der Waals surface area (Å²) >= 11 is 0. The molecule has 0 saturated carbocycles. The van der Waals surface area contributed by atoms with Gasteiger partial charge in [-0.2, -0.15) is 10.4 Å². The van der Waals surface area contributed by atoms with Crippen LogP contribution in [0.15, 0.2) is 0 Å². The first-order chi connectivity index (χ1) is 7.90. The van der Waals surface area contributed by atoms with E-state index in [1.54, 1.807) is 0 Å². The molecule has 3 rings (SSSR count). The van der Waals surface area contributed by atoms with E-state index in [-0.39, 0.29) is 0 Å². The van der Waals surface area contributed by atoms with Gasteiger partial charge in [0.05, 0.1) is 24.9 Å². The number of ether oxygens (including phenoxy) is 2.